The number of nitrogens with zero attached hydrogens (tertiary/aromatic N) is 1. The molecule has 0 spiro atoms. The van der Waals surface area contributed by atoms with Crippen LogP contribution in [0.15, 0.2) is 53.4 Å². The third-order valence-corrected chi connectivity index (χ3v) is 8.03. The second-order valence-corrected chi connectivity index (χ2v) is 10.4. The van der Waals surface area contributed by atoms with E-state index in [4.69, 9.17) is 4.74 Å². The number of aliphatic hydroxyl groups is 1. The van der Waals surface area contributed by atoms with Crippen molar-refractivity contribution in [1.82, 2.24) is 0 Å². The molecule has 2 aromatic rings. The fourth-order valence-electron chi connectivity index (χ4n) is 3.21. The molecule has 0 saturated carbocycles. The first kappa shape index (κ1) is 19.7. The van der Waals surface area contributed by atoms with Gasteiger partial charge in [-0.05, 0) is 36.8 Å². The zero-order valence-corrected chi connectivity index (χ0v) is 16.6. The molecule has 3 rings (SSSR count). The zero-order valence-electron chi connectivity index (χ0n) is 14.9. The van der Waals surface area contributed by atoms with Crippen molar-refractivity contribution in [1.29, 1.82) is 0 Å². The molecule has 1 saturated heterocycles. The molecule has 2 atom stereocenters. The van der Waals surface area contributed by atoms with Gasteiger partial charge in [0.25, 0.3) is 10.0 Å². The number of aliphatic hydroxyl groups excluding tert-OH is 1. The Bertz CT molecular complexity index is 1030. The summed E-state index contributed by atoms with van der Waals surface area (Å²) in [5.41, 5.74) is 0.990. The van der Waals surface area contributed by atoms with Crippen molar-refractivity contribution >= 4 is 25.5 Å². The molecule has 1 heterocycles. The Morgan fingerprint density at radius 2 is 1.78 bits per heavy atom. The van der Waals surface area contributed by atoms with E-state index in [1.165, 1.54) is 13.2 Å². The van der Waals surface area contributed by atoms with Crippen LogP contribution in [0.1, 0.15) is 5.56 Å². The number of benzene rings is 2. The van der Waals surface area contributed by atoms with Gasteiger partial charge in [-0.3, -0.25) is 4.31 Å². The molecule has 0 unspecified atom stereocenters. The van der Waals surface area contributed by atoms with Crippen molar-refractivity contribution in [3.8, 4) is 5.75 Å². The minimum Gasteiger partial charge on any atom is -0.495 e. The molecule has 0 radical (unpaired) electrons. The van der Waals surface area contributed by atoms with Gasteiger partial charge >= 0.3 is 0 Å². The van der Waals surface area contributed by atoms with Gasteiger partial charge in [0.2, 0.25) is 0 Å². The predicted molar refractivity (Wildman–Crippen MR) is 102 cm³/mol. The van der Waals surface area contributed by atoms with Crippen molar-refractivity contribution in [2.24, 2.45) is 0 Å². The van der Waals surface area contributed by atoms with Gasteiger partial charge in [-0.25, -0.2) is 16.8 Å². The molecule has 0 aromatic heterocycles. The lowest BCUT2D eigenvalue weighted by Gasteiger charge is -2.32. The van der Waals surface area contributed by atoms with Crippen molar-refractivity contribution in [3.05, 3.63) is 54.1 Å². The van der Waals surface area contributed by atoms with Crippen LogP contribution < -0.4 is 9.04 Å². The number of sulfonamides is 1. The van der Waals surface area contributed by atoms with Crippen LogP contribution in [0.3, 0.4) is 0 Å². The minimum atomic E-state index is -4.20. The minimum absolute atomic E-state index is 0.0784. The van der Waals surface area contributed by atoms with Gasteiger partial charge in [0, 0.05) is 0 Å². The molecule has 2 aromatic carbocycles. The fourth-order valence-corrected chi connectivity index (χ4v) is 7.00. The first-order valence-corrected chi connectivity index (χ1v) is 11.5. The fraction of sp³-hybridized carbons (Fsp3) is 0.333. The summed E-state index contributed by atoms with van der Waals surface area (Å²) in [4.78, 5) is -0.0784. The van der Waals surface area contributed by atoms with Crippen molar-refractivity contribution in [2.75, 3.05) is 22.9 Å². The molecule has 0 amide bonds. The Kier molecular flexibility index (Phi) is 5.20. The Balaban J connectivity index is 2.21. The predicted octanol–water partition coefficient (Wildman–Crippen LogP) is 1.36. The Labute approximate surface area is 159 Å². The van der Waals surface area contributed by atoms with Crippen LogP contribution >= 0.6 is 0 Å². The van der Waals surface area contributed by atoms with Crippen LogP contribution in [-0.2, 0) is 19.9 Å². The number of methoxy groups -OCH3 is 1. The molecule has 1 aliphatic rings. The Morgan fingerprint density at radius 1 is 1.11 bits per heavy atom. The summed E-state index contributed by atoms with van der Waals surface area (Å²) >= 11 is 0. The van der Waals surface area contributed by atoms with Crippen LogP contribution in [0.2, 0.25) is 0 Å². The van der Waals surface area contributed by atoms with Gasteiger partial charge in [-0.1, -0.05) is 24.3 Å². The van der Waals surface area contributed by atoms with E-state index in [9.17, 15) is 21.9 Å². The first-order chi connectivity index (χ1) is 12.7. The van der Waals surface area contributed by atoms with Crippen LogP contribution in [-0.4, -0.2) is 52.7 Å². The highest BCUT2D eigenvalue weighted by molar-refractivity contribution is 7.93. The van der Waals surface area contributed by atoms with E-state index in [-0.39, 0.29) is 16.3 Å². The molecule has 1 fully saturated rings. The van der Waals surface area contributed by atoms with Gasteiger partial charge in [-0.2, -0.15) is 0 Å². The van der Waals surface area contributed by atoms with Gasteiger partial charge in [0.1, 0.15) is 10.6 Å². The van der Waals surface area contributed by atoms with E-state index in [1.807, 2.05) is 0 Å². The molecule has 1 N–H and O–H groups in total. The topological polar surface area (TPSA) is 101 Å². The molecule has 27 heavy (non-hydrogen) atoms. The lowest BCUT2D eigenvalue weighted by Crippen LogP contribution is -2.47. The lowest BCUT2D eigenvalue weighted by molar-refractivity contribution is 0.184. The van der Waals surface area contributed by atoms with Crippen molar-refractivity contribution in [3.63, 3.8) is 0 Å². The summed E-state index contributed by atoms with van der Waals surface area (Å²) in [5.74, 6) is -0.769. The molecule has 7 nitrogen and oxygen atoms in total. The number of para-hydroxylation sites is 1. The summed E-state index contributed by atoms with van der Waals surface area (Å²) < 4.78 is 57.4. The molecule has 1 aliphatic heterocycles. The van der Waals surface area contributed by atoms with Crippen molar-refractivity contribution < 1.29 is 26.7 Å². The van der Waals surface area contributed by atoms with Gasteiger partial charge in [-0.15, -0.1) is 0 Å². The first-order valence-electron chi connectivity index (χ1n) is 8.28. The molecule has 0 bridgehead atoms. The molecule has 9 heteroatoms. The number of hydrogen-bond acceptors (Lipinski definition) is 6. The largest absolute Gasteiger partial charge is 0.495 e. The van der Waals surface area contributed by atoms with E-state index in [1.54, 1.807) is 49.4 Å². The number of anilines is 1. The SMILES string of the molecule is COc1ccc(C)cc1S(=O)(=O)N(c1ccccc1)[C@@H]1CS(=O)(=O)C[C@@H]1O. The Morgan fingerprint density at radius 3 is 2.33 bits per heavy atom. The quantitative estimate of drug-likeness (QED) is 0.797. The number of rotatable bonds is 5. The molecule has 0 aliphatic carbocycles. The van der Waals surface area contributed by atoms with Gasteiger partial charge in [0.15, 0.2) is 9.84 Å². The van der Waals surface area contributed by atoms with Gasteiger partial charge in [0.05, 0.1) is 36.4 Å². The standard InChI is InChI=1S/C18H21NO6S2/c1-13-8-9-17(25-2)18(10-13)27(23,24)19(14-6-4-3-5-7-14)15-11-26(21,22)12-16(15)20/h3-10,15-16,20H,11-12H2,1-2H3/t15-,16+/m1/s1. The summed E-state index contributed by atoms with van der Waals surface area (Å²) in [6, 6.07) is 11.8. The molecular formula is C18H21NO6S2. The van der Waals surface area contributed by atoms with E-state index in [0.717, 1.165) is 4.31 Å². The van der Waals surface area contributed by atoms with Crippen LogP contribution in [0, 0.1) is 6.92 Å². The van der Waals surface area contributed by atoms with Crippen LogP contribution in [0.4, 0.5) is 5.69 Å². The smallest absolute Gasteiger partial charge is 0.268 e. The number of hydrogen-bond donors (Lipinski definition) is 1. The highest BCUT2D eigenvalue weighted by atomic mass is 32.2. The maximum atomic E-state index is 13.5. The third kappa shape index (κ3) is 3.80. The number of ether oxygens (including phenoxy) is 1. The van der Waals surface area contributed by atoms with Crippen molar-refractivity contribution in [2.45, 2.75) is 24.0 Å². The monoisotopic (exact) mass is 411 g/mol. The number of aryl methyl sites for hydroxylation is 1. The molecular weight excluding hydrogens is 390 g/mol. The maximum absolute atomic E-state index is 13.5. The zero-order chi connectivity index (χ0) is 19.8. The normalized spacial score (nSPS) is 21.7. The average molecular weight is 412 g/mol. The lowest BCUT2D eigenvalue weighted by atomic mass is 10.2. The van der Waals surface area contributed by atoms with E-state index < -0.39 is 43.5 Å². The summed E-state index contributed by atoms with van der Waals surface area (Å²) in [6.07, 6.45) is -1.32. The summed E-state index contributed by atoms with van der Waals surface area (Å²) in [5, 5.41) is 10.3. The molecule has 146 valence electrons. The van der Waals surface area contributed by atoms with Gasteiger partial charge < -0.3 is 9.84 Å². The van der Waals surface area contributed by atoms with E-state index >= 15 is 0 Å². The summed E-state index contributed by atoms with van der Waals surface area (Å²) in [6.45, 7) is 1.75. The van der Waals surface area contributed by atoms with E-state index in [2.05, 4.69) is 0 Å². The third-order valence-electron chi connectivity index (χ3n) is 4.46. The van der Waals surface area contributed by atoms with Crippen LogP contribution in [0.5, 0.6) is 5.75 Å². The maximum Gasteiger partial charge on any atom is 0.268 e. The Hall–Kier alpha value is -2.10. The second kappa shape index (κ2) is 7.14. The highest BCUT2D eigenvalue weighted by Crippen LogP contribution is 2.34. The summed E-state index contributed by atoms with van der Waals surface area (Å²) in [7, 11) is -6.39. The average Bonchev–Trinajstić information content (AvgIpc) is 2.88. The van der Waals surface area contributed by atoms with Crippen LogP contribution in [0.25, 0.3) is 0 Å². The second-order valence-electron chi connectivity index (χ2n) is 6.50. The number of sulfone groups is 1. The van der Waals surface area contributed by atoms with E-state index in [0.29, 0.717) is 5.56 Å². The highest BCUT2D eigenvalue weighted by Gasteiger charge is 2.45.